The highest BCUT2D eigenvalue weighted by atomic mass is 35.5. The van der Waals surface area contributed by atoms with Gasteiger partial charge in [-0.2, -0.15) is 0 Å². The summed E-state index contributed by atoms with van der Waals surface area (Å²) in [6.07, 6.45) is 0. The van der Waals surface area contributed by atoms with Crippen molar-refractivity contribution >= 4 is 18.3 Å². The molecule has 1 aliphatic heterocycles. The van der Waals surface area contributed by atoms with Crippen molar-refractivity contribution in [1.29, 1.82) is 0 Å². The van der Waals surface area contributed by atoms with E-state index in [1.54, 1.807) is 5.01 Å². The summed E-state index contributed by atoms with van der Waals surface area (Å²) in [6.45, 7) is 0.780. The molecular weight excluding hydrogens is 188 g/mol. The van der Waals surface area contributed by atoms with E-state index in [9.17, 15) is 4.79 Å². The number of hydrogen-bond acceptors (Lipinski definition) is 2. The van der Waals surface area contributed by atoms with E-state index in [-0.39, 0.29) is 18.3 Å². The van der Waals surface area contributed by atoms with Crippen molar-refractivity contribution in [3.8, 4) is 0 Å². The van der Waals surface area contributed by atoms with E-state index in [0.29, 0.717) is 0 Å². The Labute approximate surface area is 83.1 Å². The van der Waals surface area contributed by atoms with Gasteiger partial charge in [0.05, 0.1) is 0 Å². The van der Waals surface area contributed by atoms with E-state index in [0.717, 1.165) is 17.7 Å². The van der Waals surface area contributed by atoms with Gasteiger partial charge in [-0.25, -0.2) is 5.01 Å². The number of hydrogen-bond donors (Lipinski definition) is 1. The topological polar surface area (TPSA) is 32.3 Å². The first-order valence-electron chi connectivity index (χ1n) is 3.87. The minimum absolute atomic E-state index is 0. The van der Waals surface area contributed by atoms with E-state index in [2.05, 4.69) is 5.43 Å². The van der Waals surface area contributed by atoms with Crippen LogP contribution in [-0.4, -0.2) is 18.0 Å². The van der Waals surface area contributed by atoms with E-state index < -0.39 is 0 Å². The Morgan fingerprint density at radius 3 is 2.85 bits per heavy atom. The number of rotatable bonds is 0. The van der Waals surface area contributed by atoms with Gasteiger partial charge in [0, 0.05) is 19.2 Å². The smallest absolute Gasteiger partial charge is 0.265 e. The molecule has 1 N–H and O–H groups in total. The van der Waals surface area contributed by atoms with Gasteiger partial charge in [-0.3, -0.25) is 10.2 Å². The average molecular weight is 199 g/mol. The maximum atomic E-state index is 11.3. The highest BCUT2D eigenvalue weighted by Crippen LogP contribution is 2.13. The Hall–Kier alpha value is -1.06. The average Bonchev–Trinajstić information content (AvgIpc) is 2.04. The van der Waals surface area contributed by atoms with Crippen LogP contribution < -0.4 is 5.43 Å². The molecule has 0 aromatic heterocycles. The Bertz CT molecular complexity index is 327. The van der Waals surface area contributed by atoms with Crippen LogP contribution in [0.15, 0.2) is 24.3 Å². The molecule has 3 nitrogen and oxygen atoms in total. The lowest BCUT2D eigenvalue weighted by Crippen LogP contribution is -2.43. The molecule has 0 saturated carbocycles. The lowest BCUT2D eigenvalue weighted by atomic mass is 10.1. The van der Waals surface area contributed by atoms with Crippen LogP contribution in [0.25, 0.3) is 0 Å². The molecule has 4 heteroatoms. The molecule has 0 fully saturated rings. The molecule has 0 radical (unpaired) electrons. The molecule has 0 aliphatic carbocycles. The zero-order valence-corrected chi connectivity index (χ0v) is 8.10. The second-order valence-corrected chi connectivity index (χ2v) is 2.95. The SMILES string of the molecule is CN1Cc2ccccc2C(=O)N1.Cl. The third-order valence-electron chi connectivity index (χ3n) is 1.96. The number of benzene rings is 1. The van der Waals surface area contributed by atoms with Crippen LogP contribution in [0.5, 0.6) is 0 Å². The zero-order valence-electron chi connectivity index (χ0n) is 7.28. The van der Waals surface area contributed by atoms with Crippen molar-refractivity contribution in [2.45, 2.75) is 6.54 Å². The standard InChI is InChI=1S/C9H10N2O.ClH/c1-11-6-7-4-2-3-5-8(7)9(12)10-11;/h2-5H,6H2,1H3,(H,10,12);1H. The van der Waals surface area contributed by atoms with Crippen LogP contribution in [0.4, 0.5) is 0 Å². The van der Waals surface area contributed by atoms with Crippen LogP contribution in [0, 0.1) is 0 Å². The lowest BCUT2D eigenvalue weighted by Gasteiger charge is -2.24. The molecule has 2 rings (SSSR count). The zero-order chi connectivity index (χ0) is 8.55. The number of nitrogens with zero attached hydrogens (tertiary/aromatic N) is 1. The molecule has 0 unspecified atom stereocenters. The van der Waals surface area contributed by atoms with Gasteiger partial charge in [-0.1, -0.05) is 18.2 Å². The predicted octanol–water partition coefficient (Wildman–Crippen LogP) is 1.20. The Morgan fingerprint density at radius 1 is 1.38 bits per heavy atom. The van der Waals surface area contributed by atoms with Gasteiger partial charge in [0.15, 0.2) is 0 Å². The quantitative estimate of drug-likeness (QED) is 0.680. The molecule has 13 heavy (non-hydrogen) atoms. The largest absolute Gasteiger partial charge is 0.285 e. The Kier molecular flexibility index (Phi) is 2.90. The number of halogens is 1. The van der Waals surface area contributed by atoms with Crippen molar-refractivity contribution in [2.75, 3.05) is 7.05 Å². The Morgan fingerprint density at radius 2 is 2.08 bits per heavy atom. The molecule has 1 aromatic rings. The van der Waals surface area contributed by atoms with Gasteiger partial charge in [-0.05, 0) is 11.6 Å². The second-order valence-electron chi connectivity index (χ2n) is 2.95. The van der Waals surface area contributed by atoms with E-state index in [1.807, 2.05) is 31.3 Å². The molecule has 1 amide bonds. The van der Waals surface area contributed by atoms with Gasteiger partial charge < -0.3 is 0 Å². The van der Waals surface area contributed by atoms with Gasteiger partial charge in [0.1, 0.15) is 0 Å². The van der Waals surface area contributed by atoms with Crippen LogP contribution in [0.1, 0.15) is 15.9 Å². The van der Waals surface area contributed by atoms with Crippen LogP contribution >= 0.6 is 12.4 Å². The van der Waals surface area contributed by atoms with Crippen molar-refractivity contribution < 1.29 is 4.79 Å². The van der Waals surface area contributed by atoms with E-state index >= 15 is 0 Å². The third kappa shape index (κ3) is 1.82. The van der Waals surface area contributed by atoms with Crippen molar-refractivity contribution in [1.82, 2.24) is 10.4 Å². The summed E-state index contributed by atoms with van der Waals surface area (Å²) in [5.41, 5.74) is 4.60. The number of hydrazine groups is 1. The number of amides is 1. The molecule has 70 valence electrons. The van der Waals surface area contributed by atoms with Crippen molar-refractivity contribution in [3.63, 3.8) is 0 Å². The number of nitrogens with one attached hydrogen (secondary N) is 1. The summed E-state index contributed by atoms with van der Waals surface area (Å²) in [7, 11) is 1.86. The number of carbonyl (C=O) groups is 1. The molecule has 1 aliphatic rings. The number of fused-ring (bicyclic) bond motifs is 1. The van der Waals surface area contributed by atoms with Crippen LogP contribution in [0.3, 0.4) is 0 Å². The Balaban J connectivity index is 0.000000845. The van der Waals surface area contributed by atoms with Gasteiger partial charge in [0.2, 0.25) is 0 Å². The summed E-state index contributed by atoms with van der Waals surface area (Å²) < 4.78 is 0. The van der Waals surface area contributed by atoms with Gasteiger partial charge >= 0.3 is 0 Å². The van der Waals surface area contributed by atoms with Crippen LogP contribution in [-0.2, 0) is 6.54 Å². The predicted molar refractivity (Wildman–Crippen MR) is 52.6 cm³/mol. The number of carbonyl (C=O) groups excluding carboxylic acids is 1. The minimum Gasteiger partial charge on any atom is -0.285 e. The fourth-order valence-electron chi connectivity index (χ4n) is 1.41. The molecule has 0 atom stereocenters. The summed E-state index contributed by atoms with van der Waals surface area (Å²) in [5.74, 6) is -0.0145. The normalized spacial score (nSPS) is 15.6. The highest BCUT2D eigenvalue weighted by molar-refractivity contribution is 5.96. The minimum atomic E-state index is -0.0145. The third-order valence-corrected chi connectivity index (χ3v) is 1.96. The molecule has 0 bridgehead atoms. The first-order valence-corrected chi connectivity index (χ1v) is 3.87. The first kappa shape index (κ1) is 10.0. The monoisotopic (exact) mass is 198 g/mol. The van der Waals surface area contributed by atoms with Crippen molar-refractivity contribution in [3.05, 3.63) is 35.4 Å². The maximum Gasteiger partial charge on any atom is 0.265 e. The van der Waals surface area contributed by atoms with Gasteiger partial charge in [0.25, 0.3) is 5.91 Å². The fourth-order valence-corrected chi connectivity index (χ4v) is 1.41. The van der Waals surface area contributed by atoms with Crippen LogP contribution in [0.2, 0.25) is 0 Å². The molecule has 1 aromatic carbocycles. The van der Waals surface area contributed by atoms with E-state index in [1.165, 1.54) is 0 Å². The summed E-state index contributed by atoms with van der Waals surface area (Å²) in [5, 5.41) is 1.78. The van der Waals surface area contributed by atoms with E-state index in [4.69, 9.17) is 0 Å². The molecule has 1 heterocycles. The fraction of sp³-hybridized carbons (Fsp3) is 0.222. The highest BCUT2D eigenvalue weighted by Gasteiger charge is 2.18. The maximum absolute atomic E-state index is 11.3. The second kappa shape index (κ2) is 3.77. The summed E-state index contributed by atoms with van der Waals surface area (Å²) in [4.78, 5) is 11.3. The lowest BCUT2D eigenvalue weighted by molar-refractivity contribution is 0.0786. The molecular formula is C9H11ClN2O. The summed E-state index contributed by atoms with van der Waals surface area (Å²) in [6, 6.07) is 7.65. The first-order chi connectivity index (χ1) is 5.77. The molecule has 0 saturated heterocycles. The molecule has 0 spiro atoms. The van der Waals surface area contributed by atoms with Crippen molar-refractivity contribution in [2.24, 2.45) is 0 Å². The van der Waals surface area contributed by atoms with Gasteiger partial charge in [-0.15, -0.1) is 12.4 Å². The summed E-state index contributed by atoms with van der Waals surface area (Å²) >= 11 is 0.